The average molecular weight is 403 g/mol. The molecule has 8 nitrogen and oxygen atoms in total. The second kappa shape index (κ2) is 7.98. The summed E-state index contributed by atoms with van der Waals surface area (Å²) in [5.74, 6) is 3.72. The number of hydrogen-bond donors (Lipinski definition) is 2. The zero-order valence-electron chi connectivity index (χ0n) is 17.8. The largest absolute Gasteiger partial charge is 0.496 e. The fourth-order valence-electron chi connectivity index (χ4n) is 3.49. The van der Waals surface area contributed by atoms with Gasteiger partial charge in [-0.25, -0.2) is 15.0 Å². The number of fused-ring (bicyclic) bond motifs is 1. The molecule has 2 N–H and O–H groups in total. The Bertz CT molecular complexity index is 1220. The van der Waals surface area contributed by atoms with Gasteiger partial charge in [0.05, 0.1) is 18.0 Å². The normalized spacial score (nSPS) is 11.0. The lowest BCUT2D eigenvalue weighted by Crippen LogP contribution is -2.01. The highest BCUT2D eigenvalue weighted by Gasteiger charge is 2.15. The van der Waals surface area contributed by atoms with E-state index in [1.807, 2.05) is 49.0 Å². The summed E-state index contributed by atoms with van der Waals surface area (Å²) >= 11 is 0. The average Bonchev–Trinajstić information content (AvgIpc) is 3.08. The van der Waals surface area contributed by atoms with E-state index < -0.39 is 0 Å². The van der Waals surface area contributed by atoms with Gasteiger partial charge in [0.2, 0.25) is 0 Å². The fourth-order valence-corrected chi connectivity index (χ4v) is 3.49. The molecule has 3 aromatic heterocycles. The van der Waals surface area contributed by atoms with Crippen LogP contribution in [0.15, 0.2) is 36.7 Å². The first-order valence-corrected chi connectivity index (χ1v) is 9.84. The Morgan fingerprint density at radius 3 is 2.60 bits per heavy atom. The standard InChI is InChI=1S/C22H25N7O/c1-6-29-17-11-20(26-19-9-10-23-15(4)25-19)24-12-16(17)22(28-29)27-21-13(2)7-8-18(30-5)14(21)3/h7-12H,6H2,1-5H3,(H,27,28)(H,23,24,25,26). The summed E-state index contributed by atoms with van der Waals surface area (Å²) in [6.45, 7) is 8.77. The third kappa shape index (κ3) is 3.63. The molecule has 3 heterocycles. The van der Waals surface area contributed by atoms with Crippen LogP contribution in [0.1, 0.15) is 23.9 Å². The lowest BCUT2D eigenvalue weighted by Gasteiger charge is -2.14. The number of methoxy groups -OCH3 is 1. The van der Waals surface area contributed by atoms with Crippen LogP contribution >= 0.6 is 0 Å². The van der Waals surface area contributed by atoms with E-state index in [2.05, 4.69) is 39.4 Å². The molecule has 1 aromatic carbocycles. The monoisotopic (exact) mass is 403 g/mol. The lowest BCUT2D eigenvalue weighted by molar-refractivity contribution is 0.412. The van der Waals surface area contributed by atoms with Crippen LogP contribution in [-0.2, 0) is 6.54 Å². The van der Waals surface area contributed by atoms with E-state index in [1.165, 1.54) is 0 Å². The number of anilines is 4. The Labute approximate surface area is 175 Å². The molecule has 0 bridgehead atoms. The quantitative estimate of drug-likeness (QED) is 0.484. The maximum absolute atomic E-state index is 5.48. The number of pyridine rings is 1. The van der Waals surface area contributed by atoms with Crippen LogP contribution in [0, 0.1) is 20.8 Å². The molecule has 8 heteroatoms. The number of aryl methyl sites for hydroxylation is 3. The van der Waals surface area contributed by atoms with Gasteiger partial charge < -0.3 is 15.4 Å². The van der Waals surface area contributed by atoms with E-state index in [-0.39, 0.29) is 0 Å². The molecule has 4 aromatic rings. The summed E-state index contributed by atoms with van der Waals surface area (Å²) in [5, 5.41) is 12.5. The van der Waals surface area contributed by atoms with E-state index in [9.17, 15) is 0 Å². The molecule has 0 fully saturated rings. The van der Waals surface area contributed by atoms with Crippen molar-refractivity contribution < 1.29 is 4.74 Å². The van der Waals surface area contributed by atoms with Gasteiger partial charge in [0.15, 0.2) is 5.82 Å². The maximum Gasteiger partial charge on any atom is 0.161 e. The molecule has 4 rings (SSSR count). The molecular weight excluding hydrogens is 378 g/mol. The van der Waals surface area contributed by atoms with Gasteiger partial charge in [0, 0.05) is 36.3 Å². The summed E-state index contributed by atoms with van der Waals surface area (Å²) in [4.78, 5) is 13.1. The maximum atomic E-state index is 5.48. The number of nitrogens with one attached hydrogen (secondary N) is 2. The molecule has 0 radical (unpaired) electrons. The van der Waals surface area contributed by atoms with Crippen LogP contribution in [0.3, 0.4) is 0 Å². The van der Waals surface area contributed by atoms with E-state index in [4.69, 9.17) is 9.84 Å². The van der Waals surface area contributed by atoms with E-state index >= 15 is 0 Å². The highest BCUT2D eigenvalue weighted by atomic mass is 16.5. The van der Waals surface area contributed by atoms with Gasteiger partial charge in [-0.2, -0.15) is 5.10 Å². The second-order valence-corrected chi connectivity index (χ2v) is 7.07. The number of ether oxygens (including phenoxy) is 1. The summed E-state index contributed by atoms with van der Waals surface area (Å²) in [7, 11) is 1.68. The molecule has 0 unspecified atom stereocenters. The van der Waals surface area contributed by atoms with Crippen LogP contribution in [-0.4, -0.2) is 31.8 Å². The molecule has 0 saturated heterocycles. The summed E-state index contributed by atoms with van der Waals surface area (Å²) < 4.78 is 7.44. The van der Waals surface area contributed by atoms with Crippen molar-refractivity contribution in [3.63, 3.8) is 0 Å². The lowest BCUT2D eigenvalue weighted by atomic mass is 10.1. The smallest absolute Gasteiger partial charge is 0.161 e. The summed E-state index contributed by atoms with van der Waals surface area (Å²) in [6, 6.07) is 7.82. The molecule has 0 amide bonds. The van der Waals surface area contributed by atoms with Crippen molar-refractivity contribution in [2.45, 2.75) is 34.2 Å². The summed E-state index contributed by atoms with van der Waals surface area (Å²) in [6.07, 6.45) is 3.55. The molecule has 154 valence electrons. The number of hydrogen-bond acceptors (Lipinski definition) is 7. The van der Waals surface area contributed by atoms with Gasteiger partial charge in [-0.1, -0.05) is 6.07 Å². The van der Waals surface area contributed by atoms with Crippen LogP contribution in [0.25, 0.3) is 10.9 Å². The zero-order valence-corrected chi connectivity index (χ0v) is 17.8. The van der Waals surface area contributed by atoms with Gasteiger partial charge >= 0.3 is 0 Å². The van der Waals surface area contributed by atoms with Gasteiger partial charge in [0.25, 0.3) is 0 Å². The highest BCUT2D eigenvalue weighted by Crippen LogP contribution is 2.34. The van der Waals surface area contributed by atoms with Crippen molar-refractivity contribution >= 4 is 34.0 Å². The van der Waals surface area contributed by atoms with Crippen molar-refractivity contribution in [3.8, 4) is 5.75 Å². The molecule has 30 heavy (non-hydrogen) atoms. The highest BCUT2D eigenvalue weighted by molar-refractivity contribution is 5.93. The van der Waals surface area contributed by atoms with Crippen LogP contribution in [0.4, 0.5) is 23.1 Å². The first-order valence-electron chi connectivity index (χ1n) is 9.84. The number of aromatic nitrogens is 5. The SMILES string of the molecule is CCn1nc(Nc2c(C)ccc(OC)c2C)c2cnc(Nc3ccnc(C)n3)cc21. The number of benzene rings is 1. The minimum absolute atomic E-state index is 0.704. The Kier molecular flexibility index (Phi) is 5.22. The van der Waals surface area contributed by atoms with Crippen molar-refractivity contribution in [1.29, 1.82) is 0 Å². The second-order valence-electron chi connectivity index (χ2n) is 7.07. The van der Waals surface area contributed by atoms with E-state index in [0.29, 0.717) is 17.5 Å². The Morgan fingerprint density at radius 2 is 1.87 bits per heavy atom. The predicted octanol–water partition coefficient (Wildman–Crippen LogP) is 4.66. The number of rotatable bonds is 6. The van der Waals surface area contributed by atoms with Crippen LogP contribution in [0.2, 0.25) is 0 Å². The summed E-state index contributed by atoms with van der Waals surface area (Å²) in [5.41, 5.74) is 4.15. The fraction of sp³-hybridized carbons (Fsp3) is 0.273. The van der Waals surface area contributed by atoms with Crippen LogP contribution in [0.5, 0.6) is 5.75 Å². The first kappa shape index (κ1) is 19.6. The molecule has 0 aliphatic heterocycles. The minimum atomic E-state index is 0.704. The van der Waals surface area contributed by atoms with E-state index in [0.717, 1.165) is 45.8 Å². The van der Waals surface area contributed by atoms with Gasteiger partial charge in [-0.15, -0.1) is 0 Å². The Hall–Kier alpha value is -3.68. The third-order valence-electron chi connectivity index (χ3n) is 5.05. The molecule has 0 aliphatic carbocycles. The molecule has 0 atom stereocenters. The van der Waals surface area contributed by atoms with Crippen molar-refractivity contribution in [2.24, 2.45) is 0 Å². The molecule has 0 spiro atoms. The van der Waals surface area contributed by atoms with Crippen LogP contribution < -0.4 is 15.4 Å². The Balaban J connectivity index is 1.72. The molecular formula is C22H25N7O. The molecule has 0 aliphatic rings. The topological polar surface area (TPSA) is 89.8 Å². The van der Waals surface area contributed by atoms with Crippen molar-refractivity contribution in [3.05, 3.63) is 53.6 Å². The van der Waals surface area contributed by atoms with Gasteiger partial charge in [-0.3, -0.25) is 4.68 Å². The Morgan fingerprint density at radius 1 is 1.03 bits per heavy atom. The van der Waals surface area contributed by atoms with Gasteiger partial charge in [-0.05, 0) is 45.4 Å². The third-order valence-corrected chi connectivity index (χ3v) is 5.05. The van der Waals surface area contributed by atoms with Crippen molar-refractivity contribution in [1.82, 2.24) is 24.7 Å². The molecule has 0 saturated carbocycles. The zero-order chi connectivity index (χ0) is 21.3. The minimum Gasteiger partial charge on any atom is -0.496 e. The van der Waals surface area contributed by atoms with Gasteiger partial charge in [0.1, 0.15) is 23.2 Å². The van der Waals surface area contributed by atoms with E-state index in [1.54, 1.807) is 13.3 Å². The van der Waals surface area contributed by atoms with Crippen molar-refractivity contribution in [2.75, 3.05) is 17.7 Å². The predicted molar refractivity (Wildman–Crippen MR) is 119 cm³/mol. The number of nitrogens with zero attached hydrogens (tertiary/aromatic N) is 5. The first-order chi connectivity index (χ1) is 14.5.